The third kappa shape index (κ3) is 4.87. The predicted molar refractivity (Wildman–Crippen MR) is 101 cm³/mol. The van der Waals surface area contributed by atoms with Crippen molar-refractivity contribution in [3.63, 3.8) is 0 Å². The molecule has 0 aliphatic rings. The molecule has 0 amide bonds. The molecule has 0 N–H and O–H groups in total. The fourth-order valence-corrected chi connectivity index (χ4v) is 2.19. The number of ketones is 1. The fourth-order valence-electron chi connectivity index (χ4n) is 2.19. The highest BCUT2D eigenvalue weighted by molar-refractivity contribution is 6.02. The van der Waals surface area contributed by atoms with Crippen molar-refractivity contribution in [2.75, 3.05) is 0 Å². The minimum Gasteiger partial charge on any atom is -0.452 e. The van der Waals surface area contributed by atoms with E-state index in [1.165, 1.54) is 29.8 Å². The molecule has 0 fully saturated rings. The highest BCUT2D eigenvalue weighted by Gasteiger charge is 2.16. The van der Waals surface area contributed by atoms with Gasteiger partial charge in [0.15, 0.2) is 23.1 Å². The van der Waals surface area contributed by atoms with E-state index in [9.17, 15) is 19.3 Å². The number of hydrogen-bond donors (Lipinski definition) is 0. The van der Waals surface area contributed by atoms with Crippen LogP contribution in [-0.2, 0) is 0 Å². The summed E-state index contributed by atoms with van der Waals surface area (Å²) in [6.45, 7) is 9.40. The molecule has 27 heavy (non-hydrogen) atoms. The van der Waals surface area contributed by atoms with Gasteiger partial charge in [-0.3, -0.25) is 14.9 Å². The molecule has 144 valence electrons. The van der Waals surface area contributed by atoms with E-state index < -0.39 is 10.7 Å². The van der Waals surface area contributed by atoms with Crippen molar-refractivity contribution in [3.05, 3.63) is 64.2 Å². The zero-order valence-electron chi connectivity index (χ0n) is 15.9. The molecule has 0 aliphatic heterocycles. The van der Waals surface area contributed by atoms with Gasteiger partial charge in [-0.15, -0.1) is 0 Å². The van der Waals surface area contributed by atoms with Crippen molar-refractivity contribution in [3.8, 4) is 11.5 Å². The lowest BCUT2D eigenvalue weighted by Gasteiger charge is -2.09. The highest BCUT2D eigenvalue weighted by Crippen LogP contribution is 2.31. The first-order chi connectivity index (χ1) is 13.0. The van der Waals surface area contributed by atoms with Gasteiger partial charge in [0.25, 0.3) is 5.69 Å². The number of nitrogens with zero attached hydrogens (tertiary/aromatic N) is 3. The molecule has 3 aromatic rings. The molecule has 0 saturated heterocycles. The third-order valence-corrected chi connectivity index (χ3v) is 3.24. The van der Waals surface area contributed by atoms with Crippen molar-refractivity contribution in [1.82, 2.24) is 9.61 Å². The Balaban J connectivity index is 0.000000855. The SMILES string of the molecule is CC.CC.CC(=O)c1ccn2nccc(Oc3ccc([N+](=O)[O-])cc3F)c12. The average Bonchev–Trinajstić information content (AvgIpc) is 3.12. The number of carbonyl (C=O) groups excluding carboxylic acids is 1. The number of rotatable bonds is 4. The number of ether oxygens (including phenoxy) is 1. The van der Waals surface area contributed by atoms with Crippen molar-refractivity contribution in [2.24, 2.45) is 0 Å². The van der Waals surface area contributed by atoms with Crippen LogP contribution in [0.15, 0.2) is 42.7 Å². The minimum absolute atomic E-state index is 0.181. The molecule has 0 bridgehead atoms. The Hall–Kier alpha value is -3.29. The van der Waals surface area contributed by atoms with E-state index in [0.29, 0.717) is 11.1 Å². The first-order valence-electron chi connectivity index (χ1n) is 8.56. The molecule has 0 unspecified atom stereocenters. The quantitative estimate of drug-likeness (QED) is 0.345. The number of aromatic nitrogens is 2. The van der Waals surface area contributed by atoms with E-state index in [-0.39, 0.29) is 23.0 Å². The Bertz CT molecular complexity index is 938. The second-order valence-electron chi connectivity index (χ2n) is 4.75. The molecule has 0 radical (unpaired) electrons. The van der Waals surface area contributed by atoms with Gasteiger partial charge in [-0.05, 0) is 19.1 Å². The summed E-state index contributed by atoms with van der Waals surface area (Å²) in [7, 11) is 0. The minimum atomic E-state index is -0.870. The molecule has 0 spiro atoms. The molecule has 7 nitrogen and oxygen atoms in total. The third-order valence-electron chi connectivity index (χ3n) is 3.24. The summed E-state index contributed by atoms with van der Waals surface area (Å²) < 4.78 is 20.9. The van der Waals surface area contributed by atoms with Gasteiger partial charge in [0.05, 0.1) is 17.2 Å². The summed E-state index contributed by atoms with van der Waals surface area (Å²) in [5.74, 6) is -1.01. The standard InChI is InChI=1S/C15H10FN3O4.2C2H6/c1-9(20)11-5-7-18-15(11)14(4-6-17-18)23-13-3-2-10(19(21)22)8-12(13)16;2*1-2/h2-8H,1H3;2*1-2H3. The molecule has 0 aliphatic carbocycles. The van der Waals surface area contributed by atoms with E-state index in [0.717, 1.165) is 12.1 Å². The van der Waals surface area contributed by atoms with Gasteiger partial charge in [0.1, 0.15) is 5.52 Å². The Morgan fingerprint density at radius 1 is 1.15 bits per heavy atom. The molecule has 2 heterocycles. The number of carbonyl (C=O) groups is 1. The Morgan fingerprint density at radius 2 is 1.81 bits per heavy atom. The number of hydrogen-bond acceptors (Lipinski definition) is 5. The van der Waals surface area contributed by atoms with E-state index in [4.69, 9.17) is 4.74 Å². The second kappa shape index (κ2) is 10.0. The van der Waals surface area contributed by atoms with Gasteiger partial charge in [-0.2, -0.15) is 5.10 Å². The van der Waals surface area contributed by atoms with Crippen LogP contribution in [0.4, 0.5) is 10.1 Å². The Labute approximate surface area is 156 Å². The molecule has 3 rings (SSSR count). The average molecular weight is 375 g/mol. The smallest absolute Gasteiger partial charge is 0.272 e. The molecule has 0 atom stereocenters. The van der Waals surface area contributed by atoms with Crippen LogP contribution >= 0.6 is 0 Å². The van der Waals surface area contributed by atoms with Crippen molar-refractivity contribution in [2.45, 2.75) is 34.6 Å². The summed E-state index contributed by atoms with van der Waals surface area (Å²) >= 11 is 0. The monoisotopic (exact) mass is 375 g/mol. The summed E-state index contributed by atoms with van der Waals surface area (Å²) in [6, 6.07) is 6.16. The maximum absolute atomic E-state index is 14.0. The summed E-state index contributed by atoms with van der Waals surface area (Å²) in [5, 5.41) is 14.7. The largest absolute Gasteiger partial charge is 0.452 e. The zero-order chi connectivity index (χ0) is 20.6. The predicted octanol–water partition coefficient (Wildman–Crippen LogP) is 5.43. The van der Waals surface area contributed by atoms with Crippen LogP contribution in [0.1, 0.15) is 45.0 Å². The molecular formula is C19H22FN3O4. The van der Waals surface area contributed by atoms with E-state index in [1.54, 1.807) is 12.3 Å². The second-order valence-corrected chi connectivity index (χ2v) is 4.75. The van der Waals surface area contributed by atoms with Crippen LogP contribution in [0.3, 0.4) is 0 Å². The van der Waals surface area contributed by atoms with E-state index >= 15 is 0 Å². The maximum atomic E-state index is 14.0. The lowest BCUT2D eigenvalue weighted by Crippen LogP contribution is -1.98. The Kier molecular flexibility index (Phi) is 8.06. The molecular weight excluding hydrogens is 353 g/mol. The number of Topliss-reactive ketones (excluding diaryl/α,β-unsaturated/α-hetero) is 1. The topological polar surface area (TPSA) is 86.7 Å². The van der Waals surface area contributed by atoms with Gasteiger partial charge in [-0.25, -0.2) is 8.91 Å². The molecule has 2 aromatic heterocycles. The normalized spacial score (nSPS) is 9.56. The first-order valence-corrected chi connectivity index (χ1v) is 8.56. The number of nitro benzene ring substituents is 1. The van der Waals surface area contributed by atoms with Crippen LogP contribution < -0.4 is 4.74 Å². The van der Waals surface area contributed by atoms with Gasteiger partial charge in [0.2, 0.25) is 0 Å². The number of fused-ring (bicyclic) bond motifs is 1. The first kappa shape index (κ1) is 21.8. The van der Waals surface area contributed by atoms with Gasteiger partial charge in [0, 0.05) is 23.9 Å². The lowest BCUT2D eigenvalue weighted by atomic mass is 10.2. The van der Waals surface area contributed by atoms with Gasteiger partial charge < -0.3 is 4.74 Å². The summed E-state index contributed by atoms with van der Waals surface area (Å²) in [4.78, 5) is 21.6. The van der Waals surface area contributed by atoms with Crippen LogP contribution in [-0.4, -0.2) is 20.3 Å². The van der Waals surface area contributed by atoms with E-state index in [2.05, 4.69) is 5.10 Å². The van der Waals surface area contributed by atoms with Crippen LogP contribution in [0.2, 0.25) is 0 Å². The van der Waals surface area contributed by atoms with Crippen LogP contribution in [0, 0.1) is 15.9 Å². The fraction of sp³-hybridized carbons (Fsp3) is 0.263. The lowest BCUT2D eigenvalue weighted by molar-refractivity contribution is -0.385. The maximum Gasteiger partial charge on any atom is 0.272 e. The zero-order valence-corrected chi connectivity index (χ0v) is 15.9. The highest BCUT2D eigenvalue weighted by atomic mass is 19.1. The van der Waals surface area contributed by atoms with Gasteiger partial charge in [-0.1, -0.05) is 27.7 Å². The Morgan fingerprint density at radius 3 is 2.37 bits per heavy atom. The van der Waals surface area contributed by atoms with Crippen molar-refractivity contribution >= 4 is 17.0 Å². The number of halogens is 1. The number of benzene rings is 1. The van der Waals surface area contributed by atoms with Crippen molar-refractivity contribution in [1.29, 1.82) is 0 Å². The van der Waals surface area contributed by atoms with E-state index in [1.807, 2.05) is 27.7 Å². The van der Waals surface area contributed by atoms with Crippen LogP contribution in [0.25, 0.3) is 5.52 Å². The van der Waals surface area contributed by atoms with Crippen LogP contribution in [0.5, 0.6) is 11.5 Å². The van der Waals surface area contributed by atoms with Gasteiger partial charge >= 0.3 is 0 Å². The number of nitro groups is 1. The molecule has 1 aromatic carbocycles. The van der Waals surface area contributed by atoms with Crippen molar-refractivity contribution < 1.29 is 18.8 Å². The summed E-state index contributed by atoms with van der Waals surface area (Å²) in [6.07, 6.45) is 3.03. The summed E-state index contributed by atoms with van der Waals surface area (Å²) in [5.41, 5.74) is 0.412. The number of non-ortho nitro benzene ring substituents is 1. The molecule has 0 saturated carbocycles. The molecule has 8 heteroatoms.